The lowest BCUT2D eigenvalue weighted by Gasteiger charge is -2.23. The summed E-state index contributed by atoms with van der Waals surface area (Å²) in [6.07, 6.45) is 0.620. The molecular weight excluding hydrogens is 294 g/mol. The monoisotopic (exact) mass is 313 g/mol. The SMILES string of the molecule is CC(C)c1c(C(N)CC(=O)O)cc(Cl)c2c1OCCCO2. The maximum absolute atomic E-state index is 10.9. The summed E-state index contributed by atoms with van der Waals surface area (Å²) in [6, 6.07) is 1.08. The molecule has 5 nitrogen and oxygen atoms in total. The second kappa shape index (κ2) is 6.54. The van der Waals surface area contributed by atoms with E-state index >= 15 is 0 Å². The zero-order valence-electron chi connectivity index (χ0n) is 12.2. The number of hydrogen-bond acceptors (Lipinski definition) is 4. The van der Waals surface area contributed by atoms with Crippen molar-refractivity contribution in [1.82, 2.24) is 0 Å². The molecule has 0 radical (unpaired) electrons. The first kappa shape index (κ1) is 15.9. The smallest absolute Gasteiger partial charge is 0.305 e. The van der Waals surface area contributed by atoms with Crippen LogP contribution in [-0.4, -0.2) is 24.3 Å². The van der Waals surface area contributed by atoms with Gasteiger partial charge in [-0.3, -0.25) is 4.79 Å². The standard InChI is InChI=1S/C15H20ClNO4/c1-8(2)13-9(11(17)7-12(18)19)6-10(16)14-15(13)21-5-3-4-20-14/h6,8,11H,3-5,7,17H2,1-2H3,(H,18,19). The minimum atomic E-state index is -0.944. The molecule has 0 aromatic heterocycles. The molecule has 3 N–H and O–H groups in total. The predicted molar refractivity (Wildman–Crippen MR) is 80.3 cm³/mol. The molecule has 1 aliphatic heterocycles. The van der Waals surface area contributed by atoms with Crippen molar-refractivity contribution in [3.05, 3.63) is 22.2 Å². The topological polar surface area (TPSA) is 81.8 Å². The molecule has 1 heterocycles. The van der Waals surface area contributed by atoms with Crippen LogP contribution in [0, 0.1) is 0 Å². The van der Waals surface area contributed by atoms with E-state index in [4.69, 9.17) is 31.9 Å². The number of rotatable bonds is 4. The molecule has 0 spiro atoms. The average Bonchev–Trinajstić information content (AvgIpc) is 2.63. The molecule has 2 rings (SSSR count). The highest BCUT2D eigenvalue weighted by molar-refractivity contribution is 6.32. The second-order valence-corrected chi connectivity index (χ2v) is 5.84. The van der Waals surface area contributed by atoms with Crippen LogP contribution in [0.3, 0.4) is 0 Å². The Hall–Kier alpha value is -1.46. The third kappa shape index (κ3) is 3.41. The van der Waals surface area contributed by atoms with Crippen molar-refractivity contribution in [2.45, 2.75) is 38.6 Å². The summed E-state index contributed by atoms with van der Waals surface area (Å²) >= 11 is 6.27. The van der Waals surface area contributed by atoms with Gasteiger partial charge in [0.15, 0.2) is 11.5 Å². The molecule has 1 aromatic carbocycles. The van der Waals surface area contributed by atoms with Crippen LogP contribution in [0.4, 0.5) is 0 Å². The van der Waals surface area contributed by atoms with Crippen molar-refractivity contribution in [2.75, 3.05) is 13.2 Å². The lowest BCUT2D eigenvalue weighted by molar-refractivity contribution is -0.137. The van der Waals surface area contributed by atoms with Crippen LogP contribution in [0.2, 0.25) is 5.02 Å². The molecular formula is C15H20ClNO4. The van der Waals surface area contributed by atoms with Gasteiger partial charge < -0.3 is 20.3 Å². The van der Waals surface area contributed by atoms with Crippen molar-refractivity contribution in [2.24, 2.45) is 5.73 Å². The van der Waals surface area contributed by atoms with Gasteiger partial charge in [-0.25, -0.2) is 0 Å². The summed E-state index contributed by atoms with van der Waals surface area (Å²) in [5, 5.41) is 9.37. The Labute approximate surface area is 129 Å². The Bertz CT molecular complexity index is 545. The molecule has 116 valence electrons. The van der Waals surface area contributed by atoms with E-state index in [9.17, 15) is 4.79 Å². The molecule has 0 saturated heterocycles. The van der Waals surface area contributed by atoms with Gasteiger partial charge in [-0.05, 0) is 17.5 Å². The third-order valence-electron chi connectivity index (χ3n) is 3.41. The molecule has 1 aliphatic rings. The lowest BCUT2D eigenvalue weighted by atomic mass is 9.90. The van der Waals surface area contributed by atoms with Gasteiger partial charge in [0.2, 0.25) is 0 Å². The first-order chi connectivity index (χ1) is 9.91. The summed E-state index contributed by atoms with van der Waals surface area (Å²) in [5.41, 5.74) is 7.63. The Kier molecular flexibility index (Phi) is 4.96. The Morgan fingerprint density at radius 3 is 2.57 bits per heavy atom. The predicted octanol–water partition coefficient (Wildman–Crippen LogP) is 3.10. The number of carboxylic acids is 1. The van der Waals surface area contributed by atoms with Crippen LogP contribution in [-0.2, 0) is 4.79 Å². The molecule has 6 heteroatoms. The number of ether oxygens (including phenoxy) is 2. The normalized spacial score (nSPS) is 15.7. The van der Waals surface area contributed by atoms with Gasteiger partial charge in [0.1, 0.15) is 0 Å². The molecule has 0 bridgehead atoms. The number of benzene rings is 1. The lowest BCUT2D eigenvalue weighted by Crippen LogP contribution is -2.18. The van der Waals surface area contributed by atoms with Crippen molar-refractivity contribution >= 4 is 17.6 Å². The van der Waals surface area contributed by atoms with Crippen LogP contribution in [0.5, 0.6) is 11.5 Å². The molecule has 0 saturated carbocycles. The van der Waals surface area contributed by atoms with Crippen LogP contribution in [0.1, 0.15) is 49.8 Å². The summed E-state index contributed by atoms with van der Waals surface area (Å²) in [4.78, 5) is 10.9. The third-order valence-corrected chi connectivity index (χ3v) is 3.69. The van der Waals surface area contributed by atoms with Crippen LogP contribution in [0.15, 0.2) is 6.07 Å². The zero-order chi connectivity index (χ0) is 15.6. The van der Waals surface area contributed by atoms with E-state index in [0.29, 0.717) is 35.3 Å². The van der Waals surface area contributed by atoms with Crippen molar-refractivity contribution in [3.63, 3.8) is 0 Å². The fraction of sp³-hybridized carbons (Fsp3) is 0.533. The van der Waals surface area contributed by atoms with Crippen LogP contribution in [0.25, 0.3) is 0 Å². The van der Waals surface area contributed by atoms with Crippen molar-refractivity contribution in [1.29, 1.82) is 0 Å². The molecule has 1 unspecified atom stereocenters. The van der Waals surface area contributed by atoms with Crippen molar-refractivity contribution in [3.8, 4) is 11.5 Å². The molecule has 1 aromatic rings. The Morgan fingerprint density at radius 1 is 1.38 bits per heavy atom. The van der Waals surface area contributed by atoms with E-state index in [-0.39, 0.29) is 12.3 Å². The van der Waals surface area contributed by atoms with Crippen molar-refractivity contribution < 1.29 is 19.4 Å². The van der Waals surface area contributed by atoms with Gasteiger partial charge in [-0.15, -0.1) is 0 Å². The fourth-order valence-corrected chi connectivity index (χ4v) is 2.79. The summed E-state index contributed by atoms with van der Waals surface area (Å²) in [7, 11) is 0. The van der Waals surface area contributed by atoms with E-state index in [1.807, 2.05) is 13.8 Å². The number of halogens is 1. The fourth-order valence-electron chi connectivity index (χ4n) is 2.53. The van der Waals surface area contributed by atoms with Crippen LogP contribution < -0.4 is 15.2 Å². The Morgan fingerprint density at radius 2 is 2.00 bits per heavy atom. The molecule has 0 amide bonds. The molecule has 0 fully saturated rings. The van der Waals surface area contributed by atoms with E-state index in [1.165, 1.54) is 0 Å². The first-order valence-corrected chi connectivity index (χ1v) is 7.38. The van der Waals surface area contributed by atoms with Gasteiger partial charge in [-0.1, -0.05) is 25.4 Å². The summed E-state index contributed by atoms with van der Waals surface area (Å²) in [5.74, 6) is 0.308. The highest BCUT2D eigenvalue weighted by Gasteiger charge is 2.26. The van der Waals surface area contributed by atoms with Gasteiger partial charge in [0.25, 0.3) is 0 Å². The number of fused-ring (bicyclic) bond motifs is 1. The highest BCUT2D eigenvalue weighted by Crippen LogP contribution is 2.46. The van der Waals surface area contributed by atoms with E-state index in [1.54, 1.807) is 6.07 Å². The maximum atomic E-state index is 10.9. The number of carbonyl (C=O) groups is 1. The number of carboxylic acid groups (broad SMARTS) is 1. The second-order valence-electron chi connectivity index (χ2n) is 5.43. The number of aliphatic carboxylic acids is 1. The quantitative estimate of drug-likeness (QED) is 0.892. The van der Waals surface area contributed by atoms with Gasteiger partial charge >= 0.3 is 5.97 Å². The van der Waals surface area contributed by atoms with E-state index in [2.05, 4.69) is 0 Å². The molecule has 1 atom stereocenters. The number of nitrogens with two attached hydrogens (primary N) is 1. The largest absolute Gasteiger partial charge is 0.489 e. The zero-order valence-corrected chi connectivity index (χ0v) is 12.9. The van der Waals surface area contributed by atoms with E-state index in [0.717, 1.165) is 12.0 Å². The summed E-state index contributed by atoms with van der Waals surface area (Å²) < 4.78 is 11.5. The Balaban J connectivity index is 2.57. The van der Waals surface area contributed by atoms with Gasteiger partial charge in [0.05, 0.1) is 24.7 Å². The van der Waals surface area contributed by atoms with E-state index < -0.39 is 12.0 Å². The van der Waals surface area contributed by atoms with Gasteiger partial charge in [-0.2, -0.15) is 0 Å². The highest BCUT2D eigenvalue weighted by atomic mass is 35.5. The first-order valence-electron chi connectivity index (χ1n) is 7.01. The average molecular weight is 314 g/mol. The molecule has 21 heavy (non-hydrogen) atoms. The summed E-state index contributed by atoms with van der Waals surface area (Å²) in [6.45, 7) is 5.11. The van der Waals surface area contributed by atoms with Gasteiger partial charge in [0, 0.05) is 18.0 Å². The maximum Gasteiger partial charge on any atom is 0.305 e. The minimum Gasteiger partial charge on any atom is -0.489 e. The number of hydrogen-bond donors (Lipinski definition) is 2. The molecule has 0 aliphatic carbocycles. The van der Waals surface area contributed by atoms with Crippen LogP contribution >= 0.6 is 11.6 Å². The minimum absolute atomic E-state index is 0.118.